The highest BCUT2D eigenvalue weighted by Crippen LogP contribution is 2.26. The van der Waals surface area contributed by atoms with Crippen LogP contribution in [0.1, 0.15) is 0 Å². The number of hydrogen-bond acceptors (Lipinski definition) is 5. The van der Waals surface area contributed by atoms with E-state index in [9.17, 15) is 14.4 Å². The molecule has 0 spiro atoms. The van der Waals surface area contributed by atoms with Crippen molar-refractivity contribution in [3.05, 3.63) is 50.4 Å². The van der Waals surface area contributed by atoms with E-state index >= 15 is 0 Å². The summed E-state index contributed by atoms with van der Waals surface area (Å²) in [5.74, 6) is 0.172. The van der Waals surface area contributed by atoms with Gasteiger partial charge in [-0.2, -0.15) is 0 Å². The van der Waals surface area contributed by atoms with Gasteiger partial charge in [-0.05, 0) is 12.1 Å². The number of methoxy groups -OCH3 is 1. The molecule has 3 rings (SSSR count). The predicted molar refractivity (Wildman–Crippen MR) is 96.8 cm³/mol. The van der Waals surface area contributed by atoms with Gasteiger partial charge >= 0.3 is 5.69 Å². The van der Waals surface area contributed by atoms with Gasteiger partial charge in [0.1, 0.15) is 12.3 Å². The van der Waals surface area contributed by atoms with Crippen LogP contribution in [-0.4, -0.2) is 31.7 Å². The highest BCUT2D eigenvalue weighted by molar-refractivity contribution is 6.33. The van der Waals surface area contributed by atoms with Crippen LogP contribution in [0.15, 0.2) is 34.1 Å². The van der Waals surface area contributed by atoms with Crippen LogP contribution in [-0.2, 0) is 25.4 Å². The number of carbonyl (C=O) groups excluding carboxylic acids is 1. The van der Waals surface area contributed by atoms with Gasteiger partial charge in [-0.25, -0.2) is 9.78 Å². The fourth-order valence-electron chi connectivity index (χ4n) is 2.59. The van der Waals surface area contributed by atoms with E-state index in [-0.39, 0.29) is 17.7 Å². The Hall–Kier alpha value is -3.07. The zero-order valence-electron chi connectivity index (χ0n) is 14.3. The lowest BCUT2D eigenvalue weighted by Crippen LogP contribution is -2.37. The van der Waals surface area contributed by atoms with Gasteiger partial charge < -0.3 is 14.6 Å². The van der Waals surface area contributed by atoms with E-state index in [1.54, 1.807) is 18.2 Å². The molecule has 0 saturated carbocycles. The number of anilines is 1. The van der Waals surface area contributed by atoms with Crippen molar-refractivity contribution in [1.29, 1.82) is 0 Å². The monoisotopic (exact) mass is 377 g/mol. The summed E-state index contributed by atoms with van der Waals surface area (Å²) in [5, 5.41) is 3.00. The van der Waals surface area contributed by atoms with Crippen LogP contribution < -0.4 is 21.3 Å². The van der Waals surface area contributed by atoms with E-state index in [1.807, 2.05) is 0 Å². The summed E-state index contributed by atoms with van der Waals surface area (Å²) in [6.45, 7) is -0.160. The lowest BCUT2D eigenvalue weighted by atomic mass is 10.3. The van der Waals surface area contributed by atoms with Crippen LogP contribution in [0, 0.1) is 0 Å². The summed E-state index contributed by atoms with van der Waals surface area (Å²) in [5.41, 5.74) is -0.195. The molecule has 0 aliphatic rings. The average molecular weight is 378 g/mol. The van der Waals surface area contributed by atoms with Crippen molar-refractivity contribution >= 4 is 34.4 Å². The van der Waals surface area contributed by atoms with Gasteiger partial charge in [-0.3, -0.25) is 18.7 Å². The molecule has 0 atom stereocenters. The molecule has 136 valence electrons. The van der Waals surface area contributed by atoms with E-state index < -0.39 is 17.2 Å². The molecule has 2 aromatic heterocycles. The van der Waals surface area contributed by atoms with E-state index in [1.165, 1.54) is 36.7 Å². The Labute approximate surface area is 152 Å². The normalized spacial score (nSPS) is 10.9. The van der Waals surface area contributed by atoms with E-state index in [4.69, 9.17) is 16.3 Å². The molecule has 3 aromatic rings. The van der Waals surface area contributed by atoms with Crippen LogP contribution >= 0.6 is 11.6 Å². The smallest absolute Gasteiger partial charge is 0.332 e. The van der Waals surface area contributed by atoms with Crippen LogP contribution in [0.25, 0.3) is 11.2 Å². The SMILES string of the molecule is COc1ccc(NC(=O)Cn2cnc3c2c(=O)n(C)c(=O)n3C)c(Cl)c1. The minimum atomic E-state index is -0.518. The molecular formula is C16H16ClN5O4. The van der Waals surface area contributed by atoms with Crippen molar-refractivity contribution < 1.29 is 9.53 Å². The maximum Gasteiger partial charge on any atom is 0.332 e. The molecule has 26 heavy (non-hydrogen) atoms. The first kappa shape index (κ1) is 17.7. The van der Waals surface area contributed by atoms with Crippen LogP contribution in [0.4, 0.5) is 5.69 Å². The molecular weight excluding hydrogens is 362 g/mol. The molecule has 0 radical (unpaired) electrons. The Morgan fingerprint density at radius 2 is 2.00 bits per heavy atom. The third kappa shape index (κ3) is 2.97. The molecule has 1 aromatic carbocycles. The Morgan fingerprint density at radius 1 is 1.27 bits per heavy atom. The largest absolute Gasteiger partial charge is 0.497 e. The third-order valence-electron chi connectivity index (χ3n) is 3.98. The average Bonchev–Trinajstić information content (AvgIpc) is 3.03. The maximum absolute atomic E-state index is 12.4. The first-order chi connectivity index (χ1) is 12.3. The van der Waals surface area contributed by atoms with Gasteiger partial charge in [-0.15, -0.1) is 0 Å². The number of fused-ring (bicyclic) bond motifs is 1. The molecule has 0 saturated heterocycles. The fraction of sp³-hybridized carbons (Fsp3) is 0.250. The van der Waals surface area contributed by atoms with Crippen molar-refractivity contribution in [2.75, 3.05) is 12.4 Å². The summed E-state index contributed by atoms with van der Waals surface area (Å²) in [6, 6.07) is 4.86. The zero-order valence-corrected chi connectivity index (χ0v) is 15.1. The number of imidazole rings is 1. The fourth-order valence-corrected chi connectivity index (χ4v) is 2.80. The lowest BCUT2D eigenvalue weighted by molar-refractivity contribution is -0.116. The molecule has 2 heterocycles. The molecule has 1 N–H and O–H groups in total. The van der Waals surface area contributed by atoms with Crippen molar-refractivity contribution in [3.8, 4) is 5.75 Å². The van der Waals surface area contributed by atoms with Crippen LogP contribution in [0.5, 0.6) is 5.75 Å². The number of rotatable bonds is 4. The third-order valence-corrected chi connectivity index (χ3v) is 4.29. The molecule has 0 bridgehead atoms. The predicted octanol–water partition coefficient (Wildman–Crippen LogP) is 0.734. The minimum absolute atomic E-state index is 0.160. The number of aryl methyl sites for hydroxylation is 1. The number of hydrogen-bond donors (Lipinski definition) is 1. The number of carbonyl (C=O) groups is 1. The Morgan fingerprint density at radius 3 is 2.65 bits per heavy atom. The molecule has 9 nitrogen and oxygen atoms in total. The van der Waals surface area contributed by atoms with Gasteiger partial charge in [0.25, 0.3) is 5.56 Å². The topological polar surface area (TPSA) is 100 Å². The second kappa shape index (κ2) is 6.68. The van der Waals surface area contributed by atoms with Crippen LogP contribution in [0.3, 0.4) is 0 Å². The molecule has 10 heteroatoms. The van der Waals surface area contributed by atoms with Gasteiger partial charge in [0.2, 0.25) is 5.91 Å². The quantitative estimate of drug-likeness (QED) is 0.722. The van der Waals surface area contributed by atoms with Crippen molar-refractivity contribution in [2.45, 2.75) is 6.54 Å². The summed E-state index contributed by atoms with van der Waals surface area (Å²) in [4.78, 5) is 40.7. The number of aromatic nitrogens is 4. The molecule has 0 aliphatic heterocycles. The van der Waals surface area contributed by atoms with E-state index in [2.05, 4.69) is 10.3 Å². The summed E-state index contributed by atoms with van der Waals surface area (Å²) >= 11 is 6.11. The lowest BCUT2D eigenvalue weighted by Gasteiger charge is -2.10. The Balaban J connectivity index is 1.91. The first-order valence-corrected chi connectivity index (χ1v) is 7.95. The highest BCUT2D eigenvalue weighted by Gasteiger charge is 2.16. The molecule has 1 amide bonds. The van der Waals surface area contributed by atoms with Crippen molar-refractivity contribution in [3.63, 3.8) is 0 Å². The van der Waals surface area contributed by atoms with Gasteiger partial charge in [0.15, 0.2) is 11.2 Å². The highest BCUT2D eigenvalue weighted by atomic mass is 35.5. The molecule has 0 unspecified atom stereocenters. The molecule has 0 aliphatic carbocycles. The van der Waals surface area contributed by atoms with Gasteiger partial charge in [0.05, 0.1) is 24.1 Å². The number of ether oxygens (including phenoxy) is 1. The molecule has 0 fully saturated rings. The standard InChI is InChI=1S/C16H16ClN5O4/c1-20-14-13(15(24)21(2)16(20)25)22(8-18-14)7-12(23)19-11-5-4-9(26-3)6-10(11)17/h4-6,8H,7H2,1-3H3,(H,19,23). The van der Waals surface area contributed by atoms with Crippen molar-refractivity contribution in [1.82, 2.24) is 18.7 Å². The van der Waals surface area contributed by atoms with Gasteiger partial charge in [-0.1, -0.05) is 11.6 Å². The van der Waals surface area contributed by atoms with Crippen LogP contribution in [0.2, 0.25) is 5.02 Å². The van der Waals surface area contributed by atoms with E-state index in [0.717, 1.165) is 4.57 Å². The second-order valence-electron chi connectivity index (χ2n) is 5.64. The maximum atomic E-state index is 12.4. The van der Waals surface area contributed by atoms with E-state index in [0.29, 0.717) is 16.5 Å². The first-order valence-electron chi connectivity index (χ1n) is 7.57. The number of halogens is 1. The number of nitrogens with one attached hydrogen (secondary N) is 1. The number of benzene rings is 1. The summed E-state index contributed by atoms with van der Waals surface area (Å²) < 4.78 is 8.68. The second-order valence-corrected chi connectivity index (χ2v) is 6.05. The summed E-state index contributed by atoms with van der Waals surface area (Å²) in [7, 11) is 4.40. The Bertz CT molecular complexity index is 1130. The van der Waals surface area contributed by atoms with Gasteiger partial charge in [0, 0.05) is 20.2 Å². The number of amides is 1. The number of nitrogens with zero attached hydrogens (tertiary/aromatic N) is 4. The summed E-state index contributed by atoms with van der Waals surface area (Å²) in [6.07, 6.45) is 1.35. The zero-order chi connectivity index (χ0) is 19.0. The minimum Gasteiger partial charge on any atom is -0.497 e. The van der Waals surface area contributed by atoms with Crippen molar-refractivity contribution in [2.24, 2.45) is 14.1 Å². The Kier molecular flexibility index (Phi) is 4.56.